The number of thiophene rings is 1. The highest BCUT2D eigenvalue weighted by Crippen LogP contribution is 2.33. The molecule has 0 amide bonds. The Morgan fingerprint density at radius 2 is 2.42 bits per heavy atom. The van der Waals surface area contributed by atoms with Gasteiger partial charge in [0.2, 0.25) is 0 Å². The number of halogens is 2. The number of ether oxygens (including phenoxy) is 1. The molecule has 19 heavy (non-hydrogen) atoms. The van der Waals surface area contributed by atoms with Crippen molar-refractivity contribution < 1.29 is 4.74 Å². The fourth-order valence-electron chi connectivity index (χ4n) is 1.79. The maximum atomic E-state index is 6.23. The Kier molecular flexibility index (Phi) is 5.37. The second kappa shape index (κ2) is 6.83. The average Bonchev–Trinajstić information content (AvgIpc) is 2.97. The monoisotopic (exact) mass is 364 g/mol. The van der Waals surface area contributed by atoms with E-state index in [2.05, 4.69) is 26.5 Å². The van der Waals surface area contributed by atoms with E-state index in [1.54, 1.807) is 24.6 Å². The molecule has 2 rings (SSSR count). The fourth-order valence-corrected chi connectivity index (χ4v) is 3.53. The van der Waals surface area contributed by atoms with Crippen molar-refractivity contribution in [3.8, 4) is 0 Å². The minimum Gasteiger partial charge on any atom is -0.383 e. The topological polar surface area (TPSA) is 65.1 Å². The molecule has 1 atom stereocenters. The number of hydrazine groups is 1. The summed E-state index contributed by atoms with van der Waals surface area (Å²) in [5.41, 5.74) is 3.64. The highest BCUT2D eigenvalue weighted by atomic mass is 79.9. The lowest BCUT2D eigenvalue weighted by Gasteiger charge is -2.17. The zero-order valence-corrected chi connectivity index (χ0v) is 13.4. The summed E-state index contributed by atoms with van der Waals surface area (Å²) < 4.78 is 7.93. The molecule has 0 aromatic carbocycles. The van der Waals surface area contributed by atoms with Gasteiger partial charge in [0.05, 0.1) is 39.9 Å². The van der Waals surface area contributed by atoms with Crippen LogP contribution in [0.1, 0.15) is 16.6 Å². The van der Waals surface area contributed by atoms with Gasteiger partial charge in [-0.3, -0.25) is 10.5 Å². The number of nitrogens with two attached hydrogens (primary N) is 1. The Morgan fingerprint density at radius 3 is 3.00 bits per heavy atom. The maximum Gasteiger partial charge on any atom is 0.0985 e. The molecule has 0 saturated carbocycles. The maximum absolute atomic E-state index is 6.23. The first kappa shape index (κ1) is 15.0. The van der Waals surface area contributed by atoms with Gasteiger partial charge in [0.15, 0.2) is 0 Å². The molecule has 0 aliphatic carbocycles. The van der Waals surface area contributed by atoms with Crippen molar-refractivity contribution in [3.63, 3.8) is 0 Å². The van der Waals surface area contributed by atoms with Gasteiger partial charge in [0.25, 0.3) is 0 Å². The first-order valence-electron chi connectivity index (χ1n) is 5.59. The van der Waals surface area contributed by atoms with Crippen LogP contribution in [-0.4, -0.2) is 23.5 Å². The van der Waals surface area contributed by atoms with Crippen LogP contribution < -0.4 is 11.3 Å². The Balaban J connectivity index is 2.34. The molecule has 0 radical (unpaired) electrons. The quantitative estimate of drug-likeness (QED) is 0.610. The molecule has 3 N–H and O–H groups in total. The van der Waals surface area contributed by atoms with Crippen molar-refractivity contribution in [1.29, 1.82) is 0 Å². The van der Waals surface area contributed by atoms with Crippen LogP contribution in [0.3, 0.4) is 0 Å². The van der Waals surface area contributed by atoms with Gasteiger partial charge in [-0.2, -0.15) is 5.10 Å². The molecule has 0 spiro atoms. The van der Waals surface area contributed by atoms with Gasteiger partial charge in [0, 0.05) is 12.0 Å². The van der Waals surface area contributed by atoms with Crippen molar-refractivity contribution >= 4 is 38.9 Å². The predicted octanol–water partition coefficient (Wildman–Crippen LogP) is 2.56. The minimum absolute atomic E-state index is 0.192. The molecule has 0 aliphatic heterocycles. The van der Waals surface area contributed by atoms with E-state index in [1.165, 1.54) is 0 Å². The van der Waals surface area contributed by atoms with Crippen molar-refractivity contribution in [3.05, 3.63) is 37.7 Å². The number of hydrogen-bond acceptors (Lipinski definition) is 5. The summed E-state index contributed by atoms with van der Waals surface area (Å²) in [6.07, 6.45) is 1.62. The molecule has 2 aromatic rings. The third-order valence-electron chi connectivity index (χ3n) is 2.66. The third-order valence-corrected chi connectivity index (χ3v) is 4.64. The van der Waals surface area contributed by atoms with Crippen molar-refractivity contribution in [1.82, 2.24) is 15.2 Å². The van der Waals surface area contributed by atoms with Crippen LogP contribution in [0.5, 0.6) is 0 Å². The second-order valence-corrected chi connectivity index (χ2v) is 6.74. The number of nitrogens with zero attached hydrogens (tertiary/aromatic N) is 2. The van der Waals surface area contributed by atoms with E-state index in [0.29, 0.717) is 18.2 Å². The lowest BCUT2D eigenvalue weighted by molar-refractivity contribution is 0.182. The molecule has 8 heteroatoms. The van der Waals surface area contributed by atoms with E-state index in [0.717, 1.165) is 14.4 Å². The number of nitrogens with one attached hydrogen (secondary N) is 1. The summed E-state index contributed by atoms with van der Waals surface area (Å²) in [5.74, 6) is 5.68. The van der Waals surface area contributed by atoms with Gasteiger partial charge >= 0.3 is 0 Å². The molecule has 0 fully saturated rings. The molecule has 0 aliphatic rings. The van der Waals surface area contributed by atoms with Crippen LogP contribution in [0.25, 0.3) is 0 Å². The summed E-state index contributed by atoms with van der Waals surface area (Å²) in [7, 11) is 1.65. The summed E-state index contributed by atoms with van der Waals surface area (Å²) in [5, 5.41) is 4.84. The standard InChI is InChI=1S/C11H14BrClN4OS/c1-18-5-4-17-11(7(13)6-15-17)10(16-14)8-2-3-9(12)19-8/h2-3,6,10,16H,4-5,14H2,1H3. The predicted molar refractivity (Wildman–Crippen MR) is 80.3 cm³/mol. The van der Waals surface area contributed by atoms with Crippen molar-refractivity contribution in [2.45, 2.75) is 12.6 Å². The van der Waals surface area contributed by atoms with Crippen LogP contribution in [0.15, 0.2) is 22.1 Å². The number of hydrogen-bond donors (Lipinski definition) is 2. The normalized spacial score (nSPS) is 12.8. The molecule has 1 unspecified atom stereocenters. The van der Waals surface area contributed by atoms with E-state index in [-0.39, 0.29) is 6.04 Å². The lowest BCUT2D eigenvalue weighted by Crippen LogP contribution is -2.30. The Hall–Kier alpha value is -0.440. The highest BCUT2D eigenvalue weighted by Gasteiger charge is 2.22. The molecule has 2 heterocycles. The largest absolute Gasteiger partial charge is 0.383 e. The van der Waals surface area contributed by atoms with Crippen molar-refractivity contribution in [2.75, 3.05) is 13.7 Å². The average molecular weight is 366 g/mol. The van der Waals surface area contributed by atoms with Gasteiger partial charge < -0.3 is 4.74 Å². The van der Waals surface area contributed by atoms with E-state index in [1.807, 2.05) is 16.8 Å². The fraction of sp³-hybridized carbons (Fsp3) is 0.364. The molecule has 104 valence electrons. The van der Waals surface area contributed by atoms with Crippen molar-refractivity contribution in [2.24, 2.45) is 5.84 Å². The smallest absolute Gasteiger partial charge is 0.0985 e. The van der Waals surface area contributed by atoms with Crippen LogP contribution >= 0.6 is 38.9 Å². The molecule has 0 saturated heterocycles. The summed E-state index contributed by atoms with van der Waals surface area (Å²) in [6.45, 7) is 1.19. The van der Waals surface area contributed by atoms with Gasteiger partial charge in [-0.15, -0.1) is 11.3 Å². The van der Waals surface area contributed by atoms with Gasteiger partial charge in [0.1, 0.15) is 0 Å². The summed E-state index contributed by atoms with van der Waals surface area (Å²) >= 11 is 11.3. The Labute approximate surface area is 128 Å². The summed E-state index contributed by atoms with van der Waals surface area (Å²) in [6, 6.07) is 3.79. The summed E-state index contributed by atoms with van der Waals surface area (Å²) in [4.78, 5) is 1.07. The van der Waals surface area contributed by atoms with Crippen LogP contribution in [-0.2, 0) is 11.3 Å². The number of rotatable bonds is 6. The lowest BCUT2D eigenvalue weighted by atomic mass is 10.2. The van der Waals surface area contributed by atoms with Crippen LogP contribution in [0.2, 0.25) is 5.02 Å². The highest BCUT2D eigenvalue weighted by molar-refractivity contribution is 9.11. The molecular weight excluding hydrogens is 352 g/mol. The zero-order valence-electron chi connectivity index (χ0n) is 10.3. The third kappa shape index (κ3) is 3.36. The van der Waals surface area contributed by atoms with E-state index < -0.39 is 0 Å². The van der Waals surface area contributed by atoms with Gasteiger partial charge in [-0.1, -0.05) is 11.6 Å². The van der Waals surface area contributed by atoms with Gasteiger partial charge in [-0.05, 0) is 28.1 Å². The molecule has 2 aromatic heterocycles. The second-order valence-electron chi connectivity index (χ2n) is 3.84. The molecular formula is C11H14BrClN4OS. The first-order chi connectivity index (χ1) is 9.17. The molecule has 5 nitrogen and oxygen atoms in total. The van der Waals surface area contributed by atoms with E-state index in [4.69, 9.17) is 22.2 Å². The zero-order chi connectivity index (χ0) is 13.8. The van der Waals surface area contributed by atoms with Gasteiger partial charge in [-0.25, -0.2) is 5.43 Å². The Morgan fingerprint density at radius 1 is 1.63 bits per heavy atom. The minimum atomic E-state index is -0.192. The number of aromatic nitrogens is 2. The first-order valence-corrected chi connectivity index (χ1v) is 7.57. The SMILES string of the molecule is COCCn1ncc(Cl)c1C(NN)c1ccc(Br)s1. The van der Waals surface area contributed by atoms with Crippen LogP contribution in [0, 0.1) is 0 Å². The van der Waals surface area contributed by atoms with E-state index >= 15 is 0 Å². The molecule has 0 bridgehead atoms. The van der Waals surface area contributed by atoms with E-state index in [9.17, 15) is 0 Å². The Bertz CT molecular complexity index is 545. The van der Waals surface area contributed by atoms with Crippen LogP contribution in [0.4, 0.5) is 0 Å². The number of methoxy groups -OCH3 is 1.